The van der Waals surface area contributed by atoms with Crippen molar-refractivity contribution in [2.45, 2.75) is 64.3 Å². The van der Waals surface area contributed by atoms with E-state index in [0.717, 1.165) is 23.2 Å². The van der Waals surface area contributed by atoms with Crippen LogP contribution in [0, 0.1) is 23.2 Å². The Hall–Kier alpha value is -0.0400. The summed E-state index contributed by atoms with van der Waals surface area (Å²) in [5.41, 5.74) is 0.792. The van der Waals surface area contributed by atoms with Gasteiger partial charge in [0.05, 0.1) is 0 Å². The molecule has 4 aliphatic rings. The van der Waals surface area contributed by atoms with Crippen molar-refractivity contribution in [3.8, 4) is 0 Å². The van der Waals surface area contributed by atoms with Crippen LogP contribution in [0.15, 0.2) is 0 Å². The third-order valence-electron chi connectivity index (χ3n) is 5.77. The Labute approximate surface area is 100 Å². The Morgan fingerprint density at radius 1 is 1.06 bits per heavy atom. The van der Waals surface area contributed by atoms with Crippen molar-refractivity contribution >= 4 is 0 Å². The Morgan fingerprint density at radius 2 is 1.56 bits per heavy atom. The van der Waals surface area contributed by atoms with E-state index in [0.29, 0.717) is 6.04 Å². The molecule has 0 aromatic rings. The Balaban J connectivity index is 1.64. The highest BCUT2D eigenvalue weighted by Gasteiger charge is 2.50. The zero-order valence-corrected chi connectivity index (χ0v) is 11.0. The molecule has 0 spiro atoms. The normalized spacial score (nSPS) is 47.2. The van der Waals surface area contributed by atoms with Crippen LogP contribution in [-0.4, -0.2) is 13.1 Å². The lowest BCUT2D eigenvalue weighted by atomic mass is 9.48. The van der Waals surface area contributed by atoms with Gasteiger partial charge >= 0.3 is 0 Å². The summed E-state index contributed by atoms with van der Waals surface area (Å²) in [5, 5.41) is 3.40. The molecule has 4 bridgehead atoms. The summed E-state index contributed by atoms with van der Waals surface area (Å²) >= 11 is 0. The van der Waals surface area contributed by atoms with Gasteiger partial charge in [-0.15, -0.1) is 0 Å². The average molecular weight is 221 g/mol. The van der Waals surface area contributed by atoms with Crippen LogP contribution < -0.4 is 5.32 Å². The van der Waals surface area contributed by atoms with E-state index in [1.807, 2.05) is 0 Å². The number of rotatable bonds is 4. The van der Waals surface area contributed by atoms with Gasteiger partial charge in [0, 0.05) is 6.04 Å². The molecule has 4 saturated carbocycles. The first kappa shape index (κ1) is 11.1. The molecule has 0 radical (unpaired) electrons. The Kier molecular flexibility index (Phi) is 2.78. The minimum atomic E-state index is 0.716. The first-order valence-corrected chi connectivity index (χ1v) is 7.36. The standard InChI is InChI=1S/C15H27N/c1-11(16-2)3-4-15-8-12-5-13(9-15)7-14(6-12)10-15/h11-14,16H,3-10H2,1-2H3. The second-order valence-corrected chi connectivity index (χ2v) is 7.15. The summed E-state index contributed by atoms with van der Waals surface area (Å²) in [6, 6.07) is 0.716. The monoisotopic (exact) mass is 221 g/mol. The van der Waals surface area contributed by atoms with E-state index >= 15 is 0 Å². The molecule has 4 rings (SSSR count). The summed E-state index contributed by atoms with van der Waals surface area (Å²) in [5.74, 6) is 3.36. The van der Waals surface area contributed by atoms with Gasteiger partial charge < -0.3 is 5.32 Å². The highest BCUT2D eigenvalue weighted by Crippen LogP contribution is 2.61. The molecule has 4 aliphatic carbocycles. The maximum Gasteiger partial charge on any atom is 0.00359 e. The second-order valence-electron chi connectivity index (χ2n) is 7.15. The van der Waals surface area contributed by atoms with Crippen molar-refractivity contribution in [1.82, 2.24) is 5.32 Å². The van der Waals surface area contributed by atoms with Gasteiger partial charge in [0.2, 0.25) is 0 Å². The van der Waals surface area contributed by atoms with Gasteiger partial charge in [-0.1, -0.05) is 0 Å². The maximum atomic E-state index is 3.40. The molecular weight excluding hydrogens is 194 g/mol. The van der Waals surface area contributed by atoms with E-state index in [2.05, 4.69) is 19.3 Å². The molecule has 1 heteroatoms. The van der Waals surface area contributed by atoms with Crippen molar-refractivity contribution < 1.29 is 0 Å². The molecule has 0 aromatic heterocycles. The molecule has 16 heavy (non-hydrogen) atoms. The second kappa shape index (κ2) is 4.01. The molecular formula is C15H27N. The lowest BCUT2D eigenvalue weighted by Crippen LogP contribution is -2.46. The van der Waals surface area contributed by atoms with Gasteiger partial charge in [0.25, 0.3) is 0 Å². The van der Waals surface area contributed by atoms with Crippen LogP contribution in [0.1, 0.15) is 58.3 Å². The van der Waals surface area contributed by atoms with Crippen molar-refractivity contribution in [2.75, 3.05) is 7.05 Å². The van der Waals surface area contributed by atoms with Crippen LogP contribution in [0.4, 0.5) is 0 Å². The summed E-state index contributed by atoms with van der Waals surface area (Å²) in [4.78, 5) is 0. The van der Waals surface area contributed by atoms with Crippen molar-refractivity contribution in [1.29, 1.82) is 0 Å². The highest BCUT2D eigenvalue weighted by atomic mass is 14.8. The molecule has 0 heterocycles. The molecule has 1 nitrogen and oxygen atoms in total. The van der Waals surface area contributed by atoms with Gasteiger partial charge in [-0.3, -0.25) is 0 Å². The lowest BCUT2D eigenvalue weighted by Gasteiger charge is -2.57. The molecule has 1 unspecified atom stereocenters. The molecule has 92 valence electrons. The van der Waals surface area contributed by atoms with Crippen LogP contribution in [0.25, 0.3) is 0 Å². The molecule has 0 saturated heterocycles. The summed E-state index contributed by atoms with van der Waals surface area (Å²) in [6.07, 6.45) is 12.4. The van der Waals surface area contributed by atoms with Crippen LogP contribution in [0.5, 0.6) is 0 Å². The lowest BCUT2D eigenvalue weighted by molar-refractivity contribution is -0.0589. The van der Waals surface area contributed by atoms with Gasteiger partial charge in [-0.2, -0.15) is 0 Å². The highest BCUT2D eigenvalue weighted by molar-refractivity contribution is 5.01. The smallest absolute Gasteiger partial charge is 0.00359 e. The van der Waals surface area contributed by atoms with Crippen LogP contribution in [-0.2, 0) is 0 Å². The Morgan fingerprint density at radius 3 is 2.00 bits per heavy atom. The predicted octanol–water partition coefficient (Wildman–Crippen LogP) is 3.59. The molecule has 0 aromatic carbocycles. The quantitative estimate of drug-likeness (QED) is 0.765. The van der Waals surface area contributed by atoms with Crippen molar-refractivity contribution in [3.05, 3.63) is 0 Å². The average Bonchev–Trinajstić information content (AvgIpc) is 2.24. The van der Waals surface area contributed by atoms with E-state index < -0.39 is 0 Å². The summed E-state index contributed by atoms with van der Waals surface area (Å²) < 4.78 is 0. The molecule has 0 amide bonds. The molecule has 1 atom stereocenters. The minimum absolute atomic E-state index is 0.716. The van der Waals surface area contributed by atoms with Gasteiger partial charge in [-0.05, 0) is 88.5 Å². The van der Waals surface area contributed by atoms with Gasteiger partial charge in [0.15, 0.2) is 0 Å². The number of hydrogen-bond acceptors (Lipinski definition) is 1. The first-order valence-electron chi connectivity index (χ1n) is 7.36. The van der Waals surface area contributed by atoms with Crippen molar-refractivity contribution in [2.24, 2.45) is 23.2 Å². The third-order valence-corrected chi connectivity index (χ3v) is 5.77. The third kappa shape index (κ3) is 1.92. The largest absolute Gasteiger partial charge is 0.317 e. The van der Waals surface area contributed by atoms with E-state index in [1.165, 1.54) is 12.8 Å². The fraction of sp³-hybridized carbons (Fsp3) is 1.00. The summed E-state index contributed by atoms with van der Waals surface area (Å²) in [7, 11) is 2.10. The topological polar surface area (TPSA) is 12.0 Å². The molecule has 1 N–H and O–H groups in total. The summed E-state index contributed by atoms with van der Waals surface area (Å²) in [6.45, 7) is 2.33. The zero-order valence-electron chi connectivity index (χ0n) is 11.0. The number of hydrogen-bond donors (Lipinski definition) is 1. The van der Waals surface area contributed by atoms with E-state index in [-0.39, 0.29) is 0 Å². The fourth-order valence-corrected chi connectivity index (χ4v) is 5.26. The van der Waals surface area contributed by atoms with Crippen LogP contribution >= 0.6 is 0 Å². The van der Waals surface area contributed by atoms with Crippen molar-refractivity contribution in [3.63, 3.8) is 0 Å². The number of nitrogens with one attached hydrogen (secondary N) is 1. The van der Waals surface area contributed by atoms with E-state index in [4.69, 9.17) is 0 Å². The predicted molar refractivity (Wildman–Crippen MR) is 68.4 cm³/mol. The van der Waals surface area contributed by atoms with E-state index in [9.17, 15) is 0 Å². The SMILES string of the molecule is CNC(C)CCC12CC3CC(CC(C3)C1)C2. The fourth-order valence-electron chi connectivity index (χ4n) is 5.26. The van der Waals surface area contributed by atoms with Crippen LogP contribution in [0.3, 0.4) is 0 Å². The van der Waals surface area contributed by atoms with E-state index in [1.54, 1.807) is 38.5 Å². The first-order chi connectivity index (χ1) is 7.69. The Bertz CT molecular complexity index is 223. The molecule has 4 fully saturated rings. The van der Waals surface area contributed by atoms with Crippen LogP contribution in [0.2, 0.25) is 0 Å². The minimum Gasteiger partial charge on any atom is -0.317 e. The zero-order chi connectivity index (χ0) is 11.2. The maximum absolute atomic E-state index is 3.40. The van der Waals surface area contributed by atoms with Gasteiger partial charge in [0.1, 0.15) is 0 Å². The molecule has 0 aliphatic heterocycles. The van der Waals surface area contributed by atoms with Gasteiger partial charge in [-0.25, -0.2) is 0 Å².